The van der Waals surface area contributed by atoms with Gasteiger partial charge in [-0.3, -0.25) is 19.9 Å². The first-order valence-electron chi connectivity index (χ1n) is 6.82. The number of hydrogen-bond acceptors (Lipinski definition) is 6. The molecular weight excluding hydrogens is 336 g/mol. The highest BCUT2D eigenvalue weighted by atomic mass is 32.2. The molecule has 126 valence electrons. The topological polar surface area (TPSA) is 131 Å². The van der Waals surface area contributed by atoms with E-state index in [0.29, 0.717) is 5.56 Å². The Morgan fingerprint density at radius 1 is 1.08 bits per heavy atom. The summed E-state index contributed by atoms with van der Waals surface area (Å²) in [7, 11) is -3.80. The van der Waals surface area contributed by atoms with Gasteiger partial charge in [-0.15, -0.1) is 0 Å². The predicted molar refractivity (Wildman–Crippen MR) is 84.9 cm³/mol. The fraction of sp³-hybridized carbons (Fsp3) is 0.143. The molecule has 0 atom stereocenters. The van der Waals surface area contributed by atoms with E-state index in [0.717, 1.165) is 24.3 Å². The van der Waals surface area contributed by atoms with Crippen LogP contribution in [-0.4, -0.2) is 37.3 Å². The Hall–Kier alpha value is -2.85. The summed E-state index contributed by atoms with van der Waals surface area (Å²) in [5.41, 5.74) is 0.224. The fourth-order valence-electron chi connectivity index (χ4n) is 1.80. The minimum Gasteiger partial charge on any atom is -0.351 e. The van der Waals surface area contributed by atoms with Crippen LogP contribution in [0.3, 0.4) is 0 Å². The van der Waals surface area contributed by atoms with E-state index in [2.05, 4.69) is 15.0 Å². The van der Waals surface area contributed by atoms with Crippen LogP contribution in [0.25, 0.3) is 0 Å². The number of nitro groups is 1. The van der Waals surface area contributed by atoms with Crippen molar-refractivity contribution in [1.82, 2.24) is 15.0 Å². The first-order chi connectivity index (χ1) is 11.4. The molecule has 0 fully saturated rings. The molecule has 0 spiro atoms. The molecule has 10 heteroatoms. The fourth-order valence-corrected chi connectivity index (χ4v) is 2.83. The van der Waals surface area contributed by atoms with Crippen molar-refractivity contribution in [2.24, 2.45) is 0 Å². The van der Waals surface area contributed by atoms with Crippen molar-refractivity contribution in [1.29, 1.82) is 0 Å². The van der Waals surface area contributed by atoms with E-state index in [1.165, 1.54) is 24.5 Å². The van der Waals surface area contributed by atoms with Crippen LogP contribution in [0, 0.1) is 10.1 Å². The minimum absolute atomic E-state index is 0.0177. The van der Waals surface area contributed by atoms with Crippen LogP contribution in [0.15, 0.2) is 53.7 Å². The third-order valence-electron chi connectivity index (χ3n) is 3.00. The normalized spacial score (nSPS) is 11.0. The Morgan fingerprint density at radius 3 is 2.29 bits per heavy atom. The molecule has 2 rings (SSSR count). The molecule has 0 saturated heterocycles. The first-order valence-corrected chi connectivity index (χ1v) is 8.31. The second kappa shape index (κ2) is 7.62. The Morgan fingerprint density at radius 2 is 1.71 bits per heavy atom. The maximum absolute atomic E-state index is 12.0. The summed E-state index contributed by atoms with van der Waals surface area (Å²) < 4.78 is 26.4. The number of amides is 1. The second-order valence-corrected chi connectivity index (χ2v) is 6.41. The lowest BCUT2D eigenvalue weighted by molar-refractivity contribution is -0.384. The van der Waals surface area contributed by atoms with Gasteiger partial charge in [0.05, 0.1) is 9.82 Å². The molecule has 1 aromatic carbocycles. The molecule has 9 nitrogen and oxygen atoms in total. The van der Waals surface area contributed by atoms with Crippen LogP contribution < -0.4 is 10.0 Å². The maximum Gasteiger partial charge on any atom is 0.269 e. The molecule has 1 aromatic heterocycles. The zero-order valence-electron chi connectivity index (χ0n) is 12.4. The zero-order chi connectivity index (χ0) is 17.6. The lowest BCUT2D eigenvalue weighted by Gasteiger charge is -2.08. The first kappa shape index (κ1) is 17.5. The SMILES string of the molecule is O=C(NCCNS(=O)(=O)c1ccc([N+](=O)[O-])cc1)c1ccncc1. The molecule has 2 aromatic rings. The number of hydrogen-bond donors (Lipinski definition) is 2. The summed E-state index contributed by atoms with van der Waals surface area (Å²) in [5.74, 6) is -0.341. The van der Waals surface area contributed by atoms with E-state index in [-0.39, 0.29) is 29.6 Å². The number of rotatable bonds is 7. The summed E-state index contributed by atoms with van der Waals surface area (Å²) >= 11 is 0. The molecule has 1 heterocycles. The van der Waals surface area contributed by atoms with Gasteiger partial charge in [0.2, 0.25) is 10.0 Å². The van der Waals surface area contributed by atoms with Crippen molar-refractivity contribution in [2.75, 3.05) is 13.1 Å². The molecular formula is C14H14N4O5S. The summed E-state index contributed by atoms with van der Waals surface area (Å²) in [4.78, 5) is 25.4. The van der Waals surface area contributed by atoms with E-state index in [1.807, 2.05) is 0 Å². The van der Waals surface area contributed by atoms with Crippen molar-refractivity contribution in [3.05, 3.63) is 64.5 Å². The molecule has 0 aliphatic carbocycles. The Kier molecular flexibility index (Phi) is 5.55. The summed E-state index contributed by atoms with van der Waals surface area (Å²) in [5, 5.41) is 13.1. The van der Waals surface area contributed by atoms with Crippen molar-refractivity contribution >= 4 is 21.6 Å². The van der Waals surface area contributed by atoms with Gasteiger partial charge in [0.15, 0.2) is 0 Å². The second-order valence-electron chi connectivity index (χ2n) is 4.64. The van der Waals surface area contributed by atoms with Gasteiger partial charge in [-0.05, 0) is 24.3 Å². The van der Waals surface area contributed by atoms with Gasteiger partial charge in [-0.2, -0.15) is 0 Å². The predicted octanol–water partition coefficient (Wildman–Crippen LogP) is 0.698. The van der Waals surface area contributed by atoms with Crippen LogP contribution in [-0.2, 0) is 10.0 Å². The molecule has 0 radical (unpaired) electrons. The van der Waals surface area contributed by atoms with Gasteiger partial charge in [-0.25, -0.2) is 13.1 Å². The minimum atomic E-state index is -3.80. The highest BCUT2D eigenvalue weighted by molar-refractivity contribution is 7.89. The smallest absolute Gasteiger partial charge is 0.269 e. The number of carbonyl (C=O) groups excluding carboxylic acids is 1. The van der Waals surface area contributed by atoms with E-state index >= 15 is 0 Å². The van der Waals surface area contributed by atoms with E-state index in [9.17, 15) is 23.3 Å². The molecule has 0 unspecified atom stereocenters. The van der Waals surface area contributed by atoms with Gasteiger partial charge in [-0.1, -0.05) is 0 Å². The van der Waals surface area contributed by atoms with E-state index in [4.69, 9.17) is 0 Å². The lowest BCUT2D eigenvalue weighted by Crippen LogP contribution is -2.34. The van der Waals surface area contributed by atoms with Crippen LogP contribution in [0.5, 0.6) is 0 Å². The van der Waals surface area contributed by atoms with Crippen LogP contribution in [0.2, 0.25) is 0 Å². The van der Waals surface area contributed by atoms with Gasteiger partial charge in [0, 0.05) is 43.2 Å². The largest absolute Gasteiger partial charge is 0.351 e. The standard InChI is InChI=1S/C14H14N4O5S/c19-14(11-5-7-15-8-6-11)16-9-10-17-24(22,23)13-3-1-12(2-4-13)18(20)21/h1-8,17H,9-10H2,(H,16,19). The highest BCUT2D eigenvalue weighted by Crippen LogP contribution is 2.15. The molecule has 0 aliphatic rings. The van der Waals surface area contributed by atoms with Crippen molar-refractivity contribution < 1.29 is 18.1 Å². The average Bonchev–Trinajstić information content (AvgIpc) is 2.59. The number of aromatic nitrogens is 1. The number of nitrogens with one attached hydrogen (secondary N) is 2. The molecule has 0 saturated carbocycles. The van der Waals surface area contributed by atoms with E-state index in [1.54, 1.807) is 0 Å². The molecule has 0 aliphatic heterocycles. The van der Waals surface area contributed by atoms with E-state index < -0.39 is 14.9 Å². The average molecular weight is 350 g/mol. The number of benzene rings is 1. The van der Waals surface area contributed by atoms with Gasteiger partial charge in [0.1, 0.15) is 0 Å². The van der Waals surface area contributed by atoms with Gasteiger partial charge >= 0.3 is 0 Å². The van der Waals surface area contributed by atoms with Gasteiger partial charge in [0.25, 0.3) is 11.6 Å². The lowest BCUT2D eigenvalue weighted by atomic mass is 10.2. The van der Waals surface area contributed by atoms with Crippen LogP contribution >= 0.6 is 0 Å². The number of sulfonamides is 1. The highest BCUT2D eigenvalue weighted by Gasteiger charge is 2.15. The Bertz CT molecular complexity index is 822. The Balaban J connectivity index is 1.86. The van der Waals surface area contributed by atoms with Crippen molar-refractivity contribution in [3.8, 4) is 0 Å². The number of nitrogens with zero attached hydrogens (tertiary/aromatic N) is 2. The summed E-state index contributed by atoms with van der Waals surface area (Å²) in [6.07, 6.45) is 2.96. The quantitative estimate of drug-likeness (QED) is 0.429. The number of pyridine rings is 1. The zero-order valence-corrected chi connectivity index (χ0v) is 13.2. The van der Waals surface area contributed by atoms with Crippen molar-refractivity contribution in [2.45, 2.75) is 4.90 Å². The molecule has 2 N–H and O–H groups in total. The third kappa shape index (κ3) is 4.57. The third-order valence-corrected chi connectivity index (χ3v) is 4.48. The van der Waals surface area contributed by atoms with Gasteiger partial charge < -0.3 is 5.32 Å². The molecule has 1 amide bonds. The van der Waals surface area contributed by atoms with Crippen LogP contribution in [0.1, 0.15) is 10.4 Å². The van der Waals surface area contributed by atoms with Crippen molar-refractivity contribution in [3.63, 3.8) is 0 Å². The number of carbonyl (C=O) groups is 1. The summed E-state index contributed by atoms with van der Waals surface area (Å²) in [6, 6.07) is 7.60. The number of nitro benzene ring substituents is 1. The molecule has 0 bridgehead atoms. The Labute approximate surface area is 137 Å². The summed E-state index contributed by atoms with van der Waals surface area (Å²) in [6.45, 7) is 0.0729. The maximum atomic E-state index is 12.0. The number of non-ortho nitro benzene ring substituents is 1. The monoisotopic (exact) mass is 350 g/mol. The van der Waals surface area contributed by atoms with Crippen LogP contribution in [0.4, 0.5) is 5.69 Å². The molecule has 24 heavy (non-hydrogen) atoms.